The molecule has 0 radical (unpaired) electrons. The molecule has 0 aliphatic heterocycles. The van der Waals surface area contributed by atoms with E-state index in [0.29, 0.717) is 11.6 Å². The van der Waals surface area contributed by atoms with Crippen molar-refractivity contribution in [2.75, 3.05) is 17.2 Å². The maximum absolute atomic E-state index is 11.0. The molecule has 0 unspecified atom stereocenters. The molecular weight excluding hydrogens is 244 g/mol. The molecular formula is C13H22N4O2. The highest BCUT2D eigenvalue weighted by Gasteiger charge is 2.27. The first-order valence-corrected chi connectivity index (χ1v) is 6.53. The van der Waals surface area contributed by atoms with Gasteiger partial charge in [0.1, 0.15) is 23.5 Å². The minimum Gasteiger partial charge on any atom is -0.480 e. The molecule has 0 bridgehead atoms. The van der Waals surface area contributed by atoms with Gasteiger partial charge in [-0.05, 0) is 20.3 Å². The summed E-state index contributed by atoms with van der Waals surface area (Å²) in [4.78, 5) is 19.2. The van der Waals surface area contributed by atoms with Crippen LogP contribution in [0.2, 0.25) is 0 Å². The van der Waals surface area contributed by atoms with Gasteiger partial charge in [-0.3, -0.25) is 0 Å². The van der Waals surface area contributed by atoms with Gasteiger partial charge in [-0.1, -0.05) is 19.8 Å². The van der Waals surface area contributed by atoms with Gasteiger partial charge in [0, 0.05) is 12.6 Å². The van der Waals surface area contributed by atoms with Gasteiger partial charge in [0.05, 0.1) is 0 Å². The Morgan fingerprint density at radius 1 is 1.32 bits per heavy atom. The summed E-state index contributed by atoms with van der Waals surface area (Å²) >= 11 is 0. The zero-order valence-electron chi connectivity index (χ0n) is 11.7. The van der Waals surface area contributed by atoms with Crippen molar-refractivity contribution in [1.82, 2.24) is 9.97 Å². The van der Waals surface area contributed by atoms with Gasteiger partial charge >= 0.3 is 5.97 Å². The molecule has 0 saturated heterocycles. The van der Waals surface area contributed by atoms with Crippen LogP contribution in [0.1, 0.15) is 40.0 Å². The van der Waals surface area contributed by atoms with Gasteiger partial charge in [-0.25, -0.2) is 14.8 Å². The fraction of sp³-hybridized carbons (Fsp3) is 0.615. The van der Waals surface area contributed by atoms with Gasteiger partial charge in [0.2, 0.25) is 0 Å². The van der Waals surface area contributed by atoms with E-state index in [9.17, 15) is 4.79 Å². The van der Waals surface area contributed by atoms with E-state index in [1.54, 1.807) is 19.9 Å². The molecule has 0 spiro atoms. The molecule has 0 fully saturated rings. The minimum atomic E-state index is -1.06. The summed E-state index contributed by atoms with van der Waals surface area (Å²) in [5.41, 5.74) is -1.06. The average molecular weight is 266 g/mol. The number of nitrogens with one attached hydrogen (secondary N) is 2. The molecule has 1 aromatic heterocycles. The summed E-state index contributed by atoms with van der Waals surface area (Å²) in [6.07, 6.45) is 4.85. The van der Waals surface area contributed by atoms with Gasteiger partial charge in [0.15, 0.2) is 0 Å². The number of carboxylic acid groups (broad SMARTS) is 1. The normalized spacial score (nSPS) is 11.1. The lowest BCUT2D eigenvalue weighted by molar-refractivity contribution is -0.141. The molecule has 3 N–H and O–H groups in total. The first-order valence-electron chi connectivity index (χ1n) is 6.53. The monoisotopic (exact) mass is 266 g/mol. The largest absolute Gasteiger partial charge is 0.480 e. The third-order valence-electron chi connectivity index (χ3n) is 2.73. The standard InChI is InChI=1S/C13H22N4O2/c1-4-5-6-7-14-10-8-11(16-9-15-10)17-13(2,3)12(18)19/h8-9H,4-7H2,1-3H3,(H,18,19)(H2,14,15,16,17). The zero-order valence-corrected chi connectivity index (χ0v) is 11.7. The van der Waals surface area contributed by atoms with Crippen LogP contribution in [0.5, 0.6) is 0 Å². The van der Waals surface area contributed by atoms with E-state index in [1.807, 2.05) is 0 Å². The fourth-order valence-electron chi connectivity index (χ4n) is 1.49. The summed E-state index contributed by atoms with van der Waals surface area (Å²) < 4.78 is 0. The van der Waals surface area contributed by atoms with E-state index < -0.39 is 11.5 Å². The Kier molecular flexibility index (Phi) is 5.54. The van der Waals surface area contributed by atoms with Crippen molar-refractivity contribution in [3.63, 3.8) is 0 Å². The van der Waals surface area contributed by atoms with Crippen molar-refractivity contribution in [3.05, 3.63) is 12.4 Å². The third-order valence-corrected chi connectivity index (χ3v) is 2.73. The topological polar surface area (TPSA) is 87.1 Å². The molecule has 0 aromatic carbocycles. The predicted octanol–water partition coefficient (Wildman–Crippen LogP) is 2.35. The van der Waals surface area contributed by atoms with Crippen molar-refractivity contribution in [3.8, 4) is 0 Å². The van der Waals surface area contributed by atoms with Gasteiger partial charge in [-0.2, -0.15) is 0 Å². The Morgan fingerprint density at radius 3 is 2.63 bits per heavy atom. The number of unbranched alkanes of at least 4 members (excludes halogenated alkanes) is 2. The number of nitrogens with zero attached hydrogens (tertiary/aromatic N) is 2. The molecule has 1 aromatic rings. The predicted molar refractivity (Wildman–Crippen MR) is 75.4 cm³/mol. The molecule has 0 aliphatic rings. The second-order valence-corrected chi connectivity index (χ2v) is 4.98. The smallest absolute Gasteiger partial charge is 0.328 e. The van der Waals surface area contributed by atoms with Crippen LogP contribution in [0.4, 0.5) is 11.6 Å². The number of aliphatic carboxylic acids is 1. The summed E-state index contributed by atoms with van der Waals surface area (Å²) in [5, 5.41) is 15.1. The van der Waals surface area contributed by atoms with Crippen molar-refractivity contribution in [1.29, 1.82) is 0 Å². The second kappa shape index (κ2) is 6.92. The van der Waals surface area contributed by atoms with Gasteiger partial charge in [-0.15, -0.1) is 0 Å². The zero-order chi connectivity index (χ0) is 14.3. The SMILES string of the molecule is CCCCCNc1cc(NC(C)(C)C(=O)O)ncn1. The molecule has 6 heteroatoms. The maximum atomic E-state index is 11.0. The Hall–Kier alpha value is -1.85. The lowest BCUT2D eigenvalue weighted by atomic mass is 10.1. The van der Waals surface area contributed by atoms with E-state index in [2.05, 4.69) is 27.5 Å². The Bertz CT molecular complexity index is 421. The molecule has 0 saturated carbocycles. The lowest BCUT2D eigenvalue weighted by Crippen LogP contribution is -2.40. The van der Waals surface area contributed by atoms with E-state index in [1.165, 1.54) is 19.2 Å². The Morgan fingerprint density at radius 2 is 2.00 bits per heavy atom. The van der Waals surface area contributed by atoms with Crippen LogP contribution < -0.4 is 10.6 Å². The summed E-state index contributed by atoms with van der Waals surface area (Å²) in [7, 11) is 0. The van der Waals surface area contributed by atoms with E-state index in [-0.39, 0.29) is 0 Å². The molecule has 0 atom stereocenters. The number of anilines is 2. The van der Waals surface area contributed by atoms with Crippen molar-refractivity contribution >= 4 is 17.6 Å². The maximum Gasteiger partial charge on any atom is 0.328 e. The van der Waals surface area contributed by atoms with Gasteiger partial charge < -0.3 is 15.7 Å². The third kappa shape index (κ3) is 5.11. The van der Waals surface area contributed by atoms with Crippen LogP contribution in [-0.2, 0) is 4.79 Å². The first kappa shape index (κ1) is 15.2. The van der Waals surface area contributed by atoms with Gasteiger partial charge in [0.25, 0.3) is 0 Å². The lowest BCUT2D eigenvalue weighted by Gasteiger charge is -2.21. The minimum absolute atomic E-state index is 0.500. The van der Waals surface area contributed by atoms with E-state index in [0.717, 1.165) is 13.0 Å². The summed E-state index contributed by atoms with van der Waals surface area (Å²) in [6.45, 7) is 6.19. The molecule has 0 amide bonds. The molecule has 1 rings (SSSR count). The fourth-order valence-corrected chi connectivity index (χ4v) is 1.49. The van der Waals surface area contributed by atoms with Crippen LogP contribution in [0.25, 0.3) is 0 Å². The highest BCUT2D eigenvalue weighted by Crippen LogP contribution is 2.15. The van der Waals surface area contributed by atoms with Crippen LogP contribution >= 0.6 is 0 Å². The van der Waals surface area contributed by atoms with E-state index >= 15 is 0 Å². The second-order valence-electron chi connectivity index (χ2n) is 4.98. The molecule has 0 aliphatic carbocycles. The Balaban J connectivity index is 2.59. The highest BCUT2D eigenvalue weighted by molar-refractivity contribution is 5.81. The van der Waals surface area contributed by atoms with Crippen LogP contribution in [-0.4, -0.2) is 33.1 Å². The number of hydrogen-bond acceptors (Lipinski definition) is 5. The number of carboxylic acids is 1. The van der Waals surface area contributed by atoms with Crippen LogP contribution in [0.15, 0.2) is 12.4 Å². The van der Waals surface area contributed by atoms with Crippen molar-refractivity contribution in [2.45, 2.75) is 45.6 Å². The number of carbonyl (C=O) groups is 1. The quantitative estimate of drug-likeness (QED) is 0.626. The summed E-state index contributed by atoms with van der Waals surface area (Å²) in [6, 6.07) is 1.72. The summed E-state index contributed by atoms with van der Waals surface area (Å²) in [5.74, 6) is 0.277. The molecule has 19 heavy (non-hydrogen) atoms. The molecule has 1 heterocycles. The molecule has 106 valence electrons. The first-order chi connectivity index (χ1) is 8.95. The average Bonchev–Trinajstić information content (AvgIpc) is 2.34. The number of rotatable bonds is 8. The van der Waals surface area contributed by atoms with E-state index in [4.69, 9.17) is 5.11 Å². The highest BCUT2D eigenvalue weighted by atomic mass is 16.4. The van der Waals surface area contributed by atoms with Crippen molar-refractivity contribution in [2.24, 2.45) is 0 Å². The number of hydrogen-bond donors (Lipinski definition) is 3. The Labute approximate surface area is 113 Å². The number of aromatic nitrogens is 2. The van der Waals surface area contributed by atoms with Crippen LogP contribution in [0, 0.1) is 0 Å². The molecule has 6 nitrogen and oxygen atoms in total. The van der Waals surface area contributed by atoms with Crippen LogP contribution in [0.3, 0.4) is 0 Å². The van der Waals surface area contributed by atoms with Crippen molar-refractivity contribution < 1.29 is 9.90 Å².